The standard InChI is InChI=1S/C13H16Cl2N2O3/c1-2-17(8-12(19)20)7-6-11(18)16-13-9(14)4-3-5-10(13)15/h3-5H,2,6-8H2,1H3,(H,16,18)(H,19,20). The number of rotatable bonds is 7. The zero-order valence-electron chi connectivity index (χ0n) is 11.0. The summed E-state index contributed by atoms with van der Waals surface area (Å²) in [6.07, 6.45) is 0.169. The van der Waals surface area contributed by atoms with E-state index in [1.54, 1.807) is 23.1 Å². The summed E-state index contributed by atoms with van der Waals surface area (Å²) in [4.78, 5) is 24.1. The van der Waals surface area contributed by atoms with E-state index >= 15 is 0 Å². The predicted octanol–water partition coefficient (Wildman–Crippen LogP) is 2.73. The summed E-state index contributed by atoms with van der Waals surface area (Å²) < 4.78 is 0. The van der Waals surface area contributed by atoms with Gasteiger partial charge in [-0.25, -0.2) is 0 Å². The fourth-order valence-electron chi connectivity index (χ4n) is 1.62. The number of nitrogens with zero attached hydrogens (tertiary/aromatic N) is 1. The van der Waals surface area contributed by atoms with E-state index in [0.29, 0.717) is 28.8 Å². The summed E-state index contributed by atoms with van der Waals surface area (Å²) in [6.45, 7) is 2.67. The highest BCUT2D eigenvalue weighted by Gasteiger charge is 2.12. The minimum atomic E-state index is -0.915. The Morgan fingerprint density at radius 2 is 1.90 bits per heavy atom. The van der Waals surface area contributed by atoms with Gasteiger partial charge in [-0.3, -0.25) is 14.5 Å². The van der Waals surface area contributed by atoms with E-state index in [0.717, 1.165) is 0 Å². The third-order valence-corrected chi connectivity index (χ3v) is 3.32. The highest BCUT2D eigenvalue weighted by atomic mass is 35.5. The summed E-state index contributed by atoms with van der Waals surface area (Å²) in [5.41, 5.74) is 0.377. The van der Waals surface area contributed by atoms with E-state index in [1.165, 1.54) is 0 Å². The van der Waals surface area contributed by atoms with Gasteiger partial charge >= 0.3 is 5.97 Å². The van der Waals surface area contributed by atoms with Crippen LogP contribution in [0.5, 0.6) is 0 Å². The summed E-state index contributed by atoms with van der Waals surface area (Å²) >= 11 is 11.9. The molecule has 2 N–H and O–H groups in total. The van der Waals surface area contributed by atoms with Crippen molar-refractivity contribution >= 4 is 40.8 Å². The van der Waals surface area contributed by atoms with E-state index in [2.05, 4.69) is 5.32 Å². The smallest absolute Gasteiger partial charge is 0.317 e. The van der Waals surface area contributed by atoms with Gasteiger partial charge in [-0.05, 0) is 18.7 Å². The Morgan fingerprint density at radius 1 is 1.30 bits per heavy atom. The molecule has 0 fully saturated rings. The first-order valence-electron chi connectivity index (χ1n) is 6.12. The first-order chi connectivity index (χ1) is 9.43. The number of carboxylic acid groups (broad SMARTS) is 1. The van der Waals surface area contributed by atoms with E-state index in [-0.39, 0.29) is 18.9 Å². The molecular formula is C13H16Cl2N2O3. The van der Waals surface area contributed by atoms with Crippen molar-refractivity contribution in [1.29, 1.82) is 0 Å². The number of hydrogen-bond donors (Lipinski definition) is 2. The van der Waals surface area contributed by atoms with Crippen molar-refractivity contribution in [2.45, 2.75) is 13.3 Å². The molecule has 1 aromatic rings. The molecule has 1 aromatic carbocycles. The molecule has 20 heavy (non-hydrogen) atoms. The molecule has 0 aromatic heterocycles. The predicted molar refractivity (Wildman–Crippen MR) is 79.5 cm³/mol. The zero-order chi connectivity index (χ0) is 15.1. The van der Waals surface area contributed by atoms with Crippen molar-refractivity contribution in [1.82, 2.24) is 4.90 Å². The van der Waals surface area contributed by atoms with E-state index in [1.807, 2.05) is 6.92 Å². The number of nitrogens with one attached hydrogen (secondary N) is 1. The van der Waals surface area contributed by atoms with Gasteiger partial charge in [0.2, 0.25) is 5.91 Å². The number of aliphatic carboxylic acids is 1. The van der Waals surface area contributed by atoms with Gasteiger partial charge in [0.25, 0.3) is 0 Å². The molecule has 1 rings (SSSR count). The van der Waals surface area contributed by atoms with Gasteiger partial charge in [0, 0.05) is 13.0 Å². The number of amides is 1. The molecule has 0 unspecified atom stereocenters. The van der Waals surface area contributed by atoms with Crippen LogP contribution in [0, 0.1) is 0 Å². The molecule has 5 nitrogen and oxygen atoms in total. The fourth-order valence-corrected chi connectivity index (χ4v) is 2.11. The van der Waals surface area contributed by atoms with Crippen LogP contribution in [-0.2, 0) is 9.59 Å². The van der Waals surface area contributed by atoms with Crippen LogP contribution < -0.4 is 5.32 Å². The number of likely N-dealkylation sites (N-methyl/N-ethyl adjacent to an activating group) is 1. The minimum absolute atomic E-state index is 0.0867. The average Bonchev–Trinajstić information content (AvgIpc) is 2.38. The van der Waals surface area contributed by atoms with Crippen LogP contribution in [-0.4, -0.2) is 41.5 Å². The van der Waals surface area contributed by atoms with Crippen molar-refractivity contribution in [3.05, 3.63) is 28.2 Å². The third-order valence-electron chi connectivity index (χ3n) is 2.69. The number of anilines is 1. The highest BCUT2D eigenvalue weighted by molar-refractivity contribution is 6.39. The molecule has 0 aliphatic heterocycles. The Labute approximate surface area is 127 Å². The summed E-state index contributed by atoms with van der Waals surface area (Å²) in [5.74, 6) is -1.18. The molecule has 110 valence electrons. The van der Waals surface area contributed by atoms with Crippen LogP contribution in [0.2, 0.25) is 10.0 Å². The van der Waals surface area contributed by atoms with Crippen molar-refractivity contribution in [2.24, 2.45) is 0 Å². The number of para-hydroxylation sites is 1. The molecule has 0 heterocycles. The van der Waals surface area contributed by atoms with Crippen molar-refractivity contribution in [3.8, 4) is 0 Å². The maximum absolute atomic E-state index is 11.8. The fraction of sp³-hybridized carbons (Fsp3) is 0.385. The number of carboxylic acids is 1. The molecule has 0 radical (unpaired) electrons. The van der Waals surface area contributed by atoms with Crippen molar-refractivity contribution in [3.63, 3.8) is 0 Å². The van der Waals surface area contributed by atoms with Gasteiger partial charge in [0.15, 0.2) is 0 Å². The molecule has 0 saturated heterocycles. The van der Waals surface area contributed by atoms with Gasteiger partial charge in [-0.2, -0.15) is 0 Å². The number of hydrogen-bond acceptors (Lipinski definition) is 3. The van der Waals surface area contributed by atoms with Crippen LogP contribution in [0.1, 0.15) is 13.3 Å². The molecule has 1 amide bonds. The molecular weight excluding hydrogens is 303 g/mol. The van der Waals surface area contributed by atoms with Crippen LogP contribution in [0.4, 0.5) is 5.69 Å². The van der Waals surface area contributed by atoms with Gasteiger partial charge in [-0.15, -0.1) is 0 Å². The minimum Gasteiger partial charge on any atom is -0.480 e. The maximum atomic E-state index is 11.8. The second kappa shape index (κ2) is 8.09. The number of benzene rings is 1. The van der Waals surface area contributed by atoms with Gasteiger partial charge < -0.3 is 10.4 Å². The molecule has 0 bridgehead atoms. The van der Waals surface area contributed by atoms with Crippen molar-refractivity contribution in [2.75, 3.05) is 25.0 Å². The molecule has 0 aliphatic carbocycles. The van der Waals surface area contributed by atoms with Crippen molar-refractivity contribution < 1.29 is 14.7 Å². The van der Waals surface area contributed by atoms with Crippen LogP contribution in [0.3, 0.4) is 0 Å². The van der Waals surface area contributed by atoms with Gasteiger partial charge in [0.1, 0.15) is 0 Å². The Bertz CT molecular complexity index is 474. The van der Waals surface area contributed by atoms with Crippen LogP contribution in [0.15, 0.2) is 18.2 Å². The first kappa shape index (κ1) is 16.8. The van der Waals surface area contributed by atoms with Gasteiger partial charge in [0.05, 0.1) is 22.3 Å². The monoisotopic (exact) mass is 318 g/mol. The molecule has 0 atom stereocenters. The molecule has 0 aliphatic rings. The Hall–Kier alpha value is -1.30. The topological polar surface area (TPSA) is 69.6 Å². The second-order valence-electron chi connectivity index (χ2n) is 4.16. The number of carbonyl (C=O) groups excluding carboxylic acids is 1. The Kier molecular flexibility index (Phi) is 6.78. The van der Waals surface area contributed by atoms with E-state index in [9.17, 15) is 9.59 Å². The lowest BCUT2D eigenvalue weighted by molar-refractivity contribution is -0.138. The average molecular weight is 319 g/mol. The van der Waals surface area contributed by atoms with E-state index in [4.69, 9.17) is 28.3 Å². The largest absolute Gasteiger partial charge is 0.480 e. The first-order valence-corrected chi connectivity index (χ1v) is 6.87. The Morgan fingerprint density at radius 3 is 2.40 bits per heavy atom. The summed E-state index contributed by atoms with van der Waals surface area (Å²) in [7, 11) is 0. The maximum Gasteiger partial charge on any atom is 0.317 e. The third kappa shape index (κ3) is 5.36. The van der Waals surface area contributed by atoms with E-state index < -0.39 is 5.97 Å². The zero-order valence-corrected chi connectivity index (χ0v) is 12.5. The lowest BCUT2D eigenvalue weighted by Crippen LogP contribution is -2.32. The lowest BCUT2D eigenvalue weighted by Gasteiger charge is -2.17. The van der Waals surface area contributed by atoms with Crippen LogP contribution in [0.25, 0.3) is 0 Å². The second-order valence-corrected chi connectivity index (χ2v) is 4.97. The quantitative estimate of drug-likeness (QED) is 0.811. The molecule has 0 spiro atoms. The summed E-state index contributed by atoms with van der Waals surface area (Å²) in [6, 6.07) is 4.95. The highest BCUT2D eigenvalue weighted by Crippen LogP contribution is 2.29. The summed E-state index contributed by atoms with van der Waals surface area (Å²) in [5, 5.41) is 12.1. The van der Waals surface area contributed by atoms with Gasteiger partial charge in [-0.1, -0.05) is 36.2 Å². The molecule has 0 saturated carbocycles. The number of halogens is 2. The molecule has 7 heteroatoms. The lowest BCUT2D eigenvalue weighted by atomic mass is 10.3. The SMILES string of the molecule is CCN(CCC(=O)Nc1c(Cl)cccc1Cl)CC(=O)O. The number of carbonyl (C=O) groups is 2. The Balaban J connectivity index is 2.53. The normalized spacial score (nSPS) is 10.6. The van der Waals surface area contributed by atoms with Crippen LogP contribution >= 0.6 is 23.2 Å².